The molecule has 0 aliphatic heterocycles. The molecule has 25 heavy (non-hydrogen) atoms. The lowest BCUT2D eigenvalue weighted by Crippen LogP contribution is -2.42. The molecule has 1 aromatic heterocycles. The normalized spacial score (nSPS) is 14.3. The van der Waals surface area contributed by atoms with Crippen molar-refractivity contribution in [1.82, 2.24) is 8.55 Å². The maximum absolute atomic E-state index is 2.86. The fourth-order valence-electron chi connectivity index (χ4n) is 3.59. The number of benzene rings is 1. The van der Waals surface area contributed by atoms with Crippen LogP contribution in [0.1, 0.15) is 37.5 Å². The summed E-state index contributed by atoms with van der Waals surface area (Å²) in [5.74, 6) is 0. The fourth-order valence-corrected chi connectivity index (χ4v) is 14.0. The van der Waals surface area contributed by atoms with E-state index in [4.69, 9.17) is 0 Å². The SMILES string of the molecule is Cc1cc(C)c(N(p2n(C(C)(C)C)n2[Si](C)(C)C)[Si](C)(C)C)c(C)c1. The molecule has 0 spiro atoms. The third-order valence-electron chi connectivity index (χ3n) is 4.35. The van der Waals surface area contributed by atoms with Gasteiger partial charge in [-0.1, -0.05) is 37.3 Å². The molecular formula is C19H38N3PSi2. The zero-order valence-electron chi connectivity index (χ0n) is 18.4. The van der Waals surface area contributed by atoms with E-state index in [0.29, 0.717) is 0 Å². The fraction of sp³-hybridized carbons (Fsp3) is 0.684. The van der Waals surface area contributed by atoms with Crippen LogP contribution in [0.2, 0.25) is 39.3 Å². The second-order valence-electron chi connectivity index (χ2n) is 10.4. The summed E-state index contributed by atoms with van der Waals surface area (Å²) in [4.78, 5) is 0. The topological polar surface area (TPSA) is 13.1 Å². The van der Waals surface area contributed by atoms with Crippen molar-refractivity contribution >= 4 is 30.2 Å². The first-order valence-electron chi connectivity index (χ1n) is 9.35. The number of nitrogens with zero attached hydrogens (tertiary/aromatic N) is 3. The van der Waals surface area contributed by atoms with E-state index < -0.39 is 24.5 Å². The molecule has 0 fully saturated rings. The summed E-state index contributed by atoms with van der Waals surface area (Å²) in [5, 5.41) is 0. The van der Waals surface area contributed by atoms with E-state index in [1.54, 1.807) is 0 Å². The Morgan fingerprint density at radius 2 is 1.32 bits per heavy atom. The highest BCUT2D eigenvalue weighted by Crippen LogP contribution is 2.53. The van der Waals surface area contributed by atoms with E-state index in [9.17, 15) is 0 Å². The smallest absolute Gasteiger partial charge is 0.182 e. The van der Waals surface area contributed by atoms with Crippen molar-refractivity contribution in [3.63, 3.8) is 0 Å². The van der Waals surface area contributed by atoms with Gasteiger partial charge in [0, 0.05) is 5.69 Å². The van der Waals surface area contributed by atoms with Gasteiger partial charge in [-0.25, -0.2) is 4.44 Å². The Labute approximate surface area is 158 Å². The molecule has 0 N–H and O–H groups in total. The second kappa shape index (κ2) is 6.21. The zero-order valence-corrected chi connectivity index (χ0v) is 21.3. The third-order valence-corrected chi connectivity index (χ3v) is 14.1. The van der Waals surface area contributed by atoms with Gasteiger partial charge in [-0.3, -0.25) is 4.11 Å². The summed E-state index contributed by atoms with van der Waals surface area (Å²) >= 11 is 0. The second-order valence-corrected chi connectivity index (χ2v) is 22.4. The maximum atomic E-state index is 2.86. The Morgan fingerprint density at radius 1 is 0.880 bits per heavy atom. The van der Waals surface area contributed by atoms with Crippen LogP contribution in [-0.4, -0.2) is 25.0 Å². The Hall–Kier alpha value is -0.646. The quantitative estimate of drug-likeness (QED) is 0.522. The molecule has 0 saturated heterocycles. The minimum Gasteiger partial charge on any atom is -0.329 e. The maximum Gasteiger partial charge on any atom is 0.182 e. The van der Waals surface area contributed by atoms with Crippen LogP contribution in [0.15, 0.2) is 12.1 Å². The Bertz CT molecular complexity index is 712. The first-order chi connectivity index (χ1) is 11.1. The van der Waals surface area contributed by atoms with Gasteiger partial charge >= 0.3 is 0 Å². The minimum atomic E-state index is -1.55. The minimum absolute atomic E-state index is 0.177. The molecule has 0 bridgehead atoms. The van der Waals surface area contributed by atoms with Crippen LogP contribution in [0.4, 0.5) is 5.69 Å². The van der Waals surface area contributed by atoms with Crippen LogP contribution in [0, 0.1) is 20.8 Å². The number of hydrogen-bond acceptors (Lipinski definition) is 1. The van der Waals surface area contributed by atoms with E-state index in [1.807, 2.05) is 0 Å². The number of aryl methyl sites for hydroxylation is 3. The Balaban J connectivity index is 2.76. The van der Waals surface area contributed by atoms with E-state index in [2.05, 4.69) is 106 Å². The lowest BCUT2D eigenvalue weighted by atomic mass is 10.1. The highest BCUT2D eigenvalue weighted by atomic mass is 31.1. The van der Waals surface area contributed by atoms with Gasteiger partial charge in [0.1, 0.15) is 8.00 Å². The van der Waals surface area contributed by atoms with E-state index >= 15 is 0 Å². The molecule has 1 heterocycles. The molecule has 0 aliphatic rings. The van der Waals surface area contributed by atoms with Crippen molar-refractivity contribution in [2.75, 3.05) is 4.34 Å². The molecule has 1 aromatic carbocycles. The van der Waals surface area contributed by atoms with Crippen molar-refractivity contribution in [3.05, 3.63) is 28.8 Å². The lowest BCUT2D eigenvalue weighted by Gasteiger charge is -2.35. The molecule has 1 unspecified atom stereocenters. The summed E-state index contributed by atoms with van der Waals surface area (Å²) in [6.07, 6.45) is 0. The summed E-state index contributed by atoms with van der Waals surface area (Å²) in [6, 6.07) is 4.71. The van der Waals surface area contributed by atoms with E-state index in [-0.39, 0.29) is 5.54 Å². The van der Waals surface area contributed by atoms with Crippen molar-refractivity contribution in [2.45, 2.75) is 86.4 Å². The molecule has 2 aromatic rings. The molecule has 0 saturated carbocycles. The lowest BCUT2D eigenvalue weighted by molar-refractivity contribution is 0.404. The predicted molar refractivity (Wildman–Crippen MR) is 121 cm³/mol. The van der Waals surface area contributed by atoms with Crippen molar-refractivity contribution in [3.8, 4) is 0 Å². The molecule has 0 amide bonds. The summed E-state index contributed by atoms with van der Waals surface area (Å²) in [7, 11) is -3.36. The summed E-state index contributed by atoms with van der Waals surface area (Å²) in [6.45, 7) is 28.8. The third kappa shape index (κ3) is 4.04. The largest absolute Gasteiger partial charge is 0.329 e. The highest BCUT2D eigenvalue weighted by molar-refractivity contribution is 7.54. The van der Waals surface area contributed by atoms with Crippen molar-refractivity contribution in [2.24, 2.45) is 0 Å². The number of anilines is 1. The van der Waals surface area contributed by atoms with Gasteiger partial charge in [0.25, 0.3) is 0 Å². The van der Waals surface area contributed by atoms with Gasteiger partial charge in [-0.05, 0) is 72.3 Å². The Morgan fingerprint density at radius 3 is 1.60 bits per heavy atom. The van der Waals surface area contributed by atoms with Crippen LogP contribution in [-0.2, 0) is 5.54 Å². The van der Waals surface area contributed by atoms with Crippen LogP contribution in [0.3, 0.4) is 0 Å². The van der Waals surface area contributed by atoms with Crippen LogP contribution >= 0.6 is 8.00 Å². The zero-order chi connectivity index (χ0) is 19.5. The molecule has 0 radical (unpaired) electrons. The van der Waals surface area contributed by atoms with Gasteiger partial charge in [0.15, 0.2) is 16.5 Å². The van der Waals surface area contributed by atoms with Gasteiger partial charge in [-0.15, -0.1) is 0 Å². The Kier molecular flexibility index (Phi) is 5.13. The first kappa shape index (κ1) is 20.7. The summed E-state index contributed by atoms with van der Waals surface area (Å²) in [5.41, 5.74) is 5.90. The van der Waals surface area contributed by atoms with Gasteiger partial charge in [0.05, 0.1) is 5.54 Å². The number of rotatable bonds is 4. The summed E-state index contributed by atoms with van der Waals surface area (Å²) < 4.78 is 8.33. The molecule has 6 heteroatoms. The van der Waals surface area contributed by atoms with Crippen molar-refractivity contribution < 1.29 is 0 Å². The van der Waals surface area contributed by atoms with Gasteiger partial charge in [-0.2, -0.15) is 0 Å². The van der Waals surface area contributed by atoms with E-state index in [1.165, 1.54) is 22.4 Å². The monoisotopic (exact) mass is 395 g/mol. The van der Waals surface area contributed by atoms with Crippen LogP contribution < -0.4 is 4.34 Å². The highest BCUT2D eigenvalue weighted by Gasteiger charge is 2.44. The van der Waals surface area contributed by atoms with Crippen molar-refractivity contribution in [1.29, 1.82) is 0 Å². The number of hydrogen-bond donors (Lipinski definition) is 0. The van der Waals surface area contributed by atoms with Gasteiger partial charge < -0.3 is 4.34 Å². The van der Waals surface area contributed by atoms with Crippen LogP contribution in [0.25, 0.3) is 0 Å². The molecular weight excluding hydrogens is 357 g/mol. The van der Waals surface area contributed by atoms with Gasteiger partial charge in [0.2, 0.25) is 0 Å². The molecule has 3 nitrogen and oxygen atoms in total. The molecule has 0 aliphatic carbocycles. The molecule has 2 rings (SSSR count). The molecule has 1 atom stereocenters. The van der Waals surface area contributed by atoms with E-state index in [0.717, 1.165) is 0 Å². The molecule has 142 valence electrons. The standard InChI is InChI=1S/C19H38N3PSi2/c1-15-13-16(2)18(17(3)14-15)20(24(7,8)9)23-21(19(4,5)6)22(23)25(10,11)12/h13-14H,1-12H3. The first-order valence-corrected chi connectivity index (χ1v) is 17.4. The predicted octanol–water partition coefficient (Wildman–Crippen LogP) is 6.74. The average molecular weight is 396 g/mol. The van der Waals surface area contributed by atoms with Crippen LogP contribution in [0.5, 0.6) is 0 Å². The average Bonchev–Trinajstić information content (AvgIpc) is 3.05. The number of aromatic nitrogens is 2.